The lowest BCUT2D eigenvalue weighted by atomic mass is 9.98. The van der Waals surface area contributed by atoms with E-state index in [4.69, 9.17) is 14.7 Å². The van der Waals surface area contributed by atoms with E-state index in [2.05, 4.69) is 5.32 Å². The highest BCUT2D eigenvalue weighted by atomic mass is 16.6. The van der Waals surface area contributed by atoms with Crippen molar-refractivity contribution in [2.75, 3.05) is 18.4 Å². The van der Waals surface area contributed by atoms with Crippen molar-refractivity contribution in [1.29, 1.82) is 5.26 Å². The number of ether oxygens (including phenoxy) is 2. The number of hydrogen-bond acceptors (Lipinski definition) is 6. The number of likely N-dealkylation sites (tertiary alicyclic amines) is 1. The van der Waals surface area contributed by atoms with Crippen LogP contribution in [0.5, 0.6) is 0 Å². The molecule has 1 saturated heterocycles. The van der Waals surface area contributed by atoms with E-state index >= 15 is 0 Å². The van der Waals surface area contributed by atoms with Crippen molar-refractivity contribution < 1.29 is 23.9 Å². The molecule has 1 aromatic rings. The van der Waals surface area contributed by atoms with Gasteiger partial charge in [-0.3, -0.25) is 9.59 Å². The molecule has 0 aliphatic carbocycles. The number of carbonyl (C=O) groups is 3. The number of nitriles is 1. The molecule has 0 unspecified atom stereocenters. The van der Waals surface area contributed by atoms with Gasteiger partial charge in [0.05, 0.1) is 17.2 Å². The maximum absolute atomic E-state index is 12.5. The first-order chi connectivity index (χ1) is 13.6. The van der Waals surface area contributed by atoms with E-state index < -0.39 is 35.6 Å². The van der Waals surface area contributed by atoms with Crippen molar-refractivity contribution >= 4 is 23.7 Å². The fourth-order valence-corrected chi connectivity index (χ4v) is 2.91. The molecule has 1 heterocycles. The third-order valence-electron chi connectivity index (χ3n) is 4.37. The van der Waals surface area contributed by atoms with Crippen molar-refractivity contribution in [3.8, 4) is 6.07 Å². The van der Waals surface area contributed by atoms with Crippen LogP contribution >= 0.6 is 0 Å². The lowest BCUT2D eigenvalue weighted by Gasteiger charge is -2.33. The number of hydrogen-bond donors (Lipinski definition) is 1. The predicted molar refractivity (Wildman–Crippen MR) is 106 cm³/mol. The van der Waals surface area contributed by atoms with E-state index in [1.807, 2.05) is 6.07 Å². The maximum atomic E-state index is 12.5. The molecule has 0 bridgehead atoms. The van der Waals surface area contributed by atoms with E-state index in [1.54, 1.807) is 45.0 Å². The minimum atomic E-state index is -1.04. The van der Waals surface area contributed by atoms with Gasteiger partial charge in [0.2, 0.25) is 0 Å². The zero-order valence-corrected chi connectivity index (χ0v) is 17.2. The van der Waals surface area contributed by atoms with E-state index in [-0.39, 0.29) is 6.54 Å². The molecule has 156 valence electrons. The molecule has 29 heavy (non-hydrogen) atoms. The summed E-state index contributed by atoms with van der Waals surface area (Å²) in [6.45, 7) is 7.53. The van der Waals surface area contributed by atoms with Crippen LogP contribution in [0.1, 0.15) is 46.1 Å². The fraction of sp³-hybridized carbons (Fsp3) is 0.524. The summed E-state index contributed by atoms with van der Waals surface area (Å²) in [5, 5.41) is 11.7. The molecular formula is C21H27N3O5. The highest BCUT2D eigenvalue weighted by Crippen LogP contribution is 2.21. The third-order valence-corrected chi connectivity index (χ3v) is 4.37. The number of amides is 2. The first kappa shape index (κ1) is 22.2. The molecule has 8 nitrogen and oxygen atoms in total. The number of nitrogens with zero attached hydrogens (tertiary/aromatic N) is 2. The molecule has 2 atom stereocenters. The van der Waals surface area contributed by atoms with Gasteiger partial charge in [0.25, 0.3) is 5.91 Å². The van der Waals surface area contributed by atoms with E-state index in [0.717, 1.165) is 0 Å². The SMILES string of the molecule is C[C@@H](OC(=O)[C@@H]1CCCN(C(=O)OC(C)(C)C)C1)C(=O)Nc1ccccc1C#N. The van der Waals surface area contributed by atoms with Crippen LogP contribution in [0.25, 0.3) is 0 Å². The van der Waals surface area contributed by atoms with Crippen LogP contribution in [0.3, 0.4) is 0 Å². The number of para-hydroxylation sites is 1. The summed E-state index contributed by atoms with van der Waals surface area (Å²) >= 11 is 0. The second-order valence-electron chi connectivity index (χ2n) is 7.99. The molecule has 0 radical (unpaired) electrons. The van der Waals surface area contributed by atoms with E-state index in [9.17, 15) is 14.4 Å². The molecular weight excluding hydrogens is 374 g/mol. The molecule has 1 fully saturated rings. The third kappa shape index (κ3) is 6.49. The van der Waals surface area contributed by atoms with Crippen molar-refractivity contribution in [3.63, 3.8) is 0 Å². The molecule has 0 saturated carbocycles. The second kappa shape index (κ2) is 9.41. The molecule has 1 N–H and O–H groups in total. The molecule has 8 heteroatoms. The second-order valence-corrected chi connectivity index (χ2v) is 7.99. The van der Waals surface area contributed by atoms with Gasteiger partial charge in [0.15, 0.2) is 6.10 Å². The Kier molecular flexibility index (Phi) is 7.21. The summed E-state index contributed by atoms with van der Waals surface area (Å²) in [7, 11) is 0. The number of rotatable bonds is 4. The van der Waals surface area contributed by atoms with E-state index in [1.165, 1.54) is 11.8 Å². The number of esters is 1. The van der Waals surface area contributed by atoms with Gasteiger partial charge in [-0.1, -0.05) is 12.1 Å². The smallest absolute Gasteiger partial charge is 0.410 e. The zero-order chi connectivity index (χ0) is 21.6. The van der Waals surface area contributed by atoms with Gasteiger partial charge in [0, 0.05) is 13.1 Å². The Labute approximate surface area is 170 Å². The average molecular weight is 401 g/mol. The van der Waals surface area contributed by atoms with Crippen LogP contribution in [0.4, 0.5) is 10.5 Å². The van der Waals surface area contributed by atoms with Gasteiger partial charge in [-0.25, -0.2) is 4.79 Å². The summed E-state index contributed by atoms with van der Waals surface area (Å²) in [6, 6.07) is 8.56. The zero-order valence-electron chi connectivity index (χ0n) is 17.2. The highest BCUT2D eigenvalue weighted by molar-refractivity contribution is 5.96. The Morgan fingerprint density at radius 1 is 1.28 bits per heavy atom. The Balaban J connectivity index is 1.92. The highest BCUT2D eigenvalue weighted by Gasteiger charge is 2.33. The van der Waals surface area contributed by atoms with Crippen molar-refractivity contribution in [1.82, 2.24) is 4.90 Å². The van der Waals surface area contributed by atoms with Gasteiger partial charge in [0.1, 0.15) is 11.7 Å². The van der Waals surface area contributed by atoms with Crippen LogP contribution in [-0.2, 0) is 19.1 Å². The summed E-state index contributed by atoms with van der Waals surface area (Å²) in [6.07, 6.45) is -0.279. The van der Waals surface area contributed by atoms with Gasteiger partial charge in [-0.15, -0.1) is 0 Å². The molecule has 0 aromatic heterocycles. The number of piperidine rings is 1. The normalized spacial score (nSPS) is 17.6. The Morgan fingerprint density at radius 3 is 2.62 bits per heavy atom. The number of anilines is 1. The Bertz CT molecular complexity index is 809. The van der Waals surface area contributed by atoms with E-state index in [0.29, 0.717) is 30.6 Å². The average Bonchev–Trinajstić information content (AvgIpc) is 2.67. The predicted octanol–water partition coefficient (Wildman–Crippen LogP) is 3.08. The molecule has 2 rings (SSSR count). The maximum Gasteiger partial charge on any atom is 0.410 e. The van der Waals surface area contributed by atoms with Gasteiger partial charge in [-0.2, -0.15) is 5.26 Å². The molecule has 1 aromatic carbocycles. The molecule has 1 aliphatic rings. The molecule has 2 amide bonds. The summed E-state index contributed by atoms with van der Waals surface area (Å²) in [5.41, 5.74) is 0.0629. The van der Waals surface area contributed by atoms with Crippen LogP contribution in [0.2, 0.25) is 0 Å². The van der Waals surface area contributed by atoms with Gasteiger partial charge >= 0.3 is 12.1 Å². The largest absolute Gasteiger partial charge is 0.452 e. The summed E-state index contributed by atoms with van der Waals surface area (Å²) < 4.78 is 10.7. The number of benzene rings is 1. The lowest BCUT2D eigenvalue weighted by molar-refractivity contribution is -0.158. The minimum Gasteiger partial charge on any atom is -0.452 e. The minimum absolute atomic E-state index is 0.194. The lowest BCUT2D eigenvalue weighted by Crippen LogP contribution is -2.45. The monoisotopic (exact) mass is 401 g/mol. The first-order valence-corrected chi connectivity index (χ1v) is 9.59. The number of carbonyl (C=O) groups excluding carboxylic acids is 3. The van der Waals surface area contributed by atoms with Crippen molar-refractivity contribution in [2.45, 2.75) is 52.2 Å². The Hall–Kier alpha value is -3.08. The van der Waals surface area contributed by atoms with Crippen LogP contribution in [0.15, 0.2) is 24.3 Å². The quantitative estimate of drug-likeness (QED) is 0.777. The topological polar surface area (TPSA) is 109 Å². The standard InChI is InChI=1S/C21H27N3O5/c1-14(18(25)23-17-10-6-5-8-15(17)12-22)28-19(26)16-9-7-11-24(13-16)20(27)29-21(2,3)4/h5-6,8,10,14,16H,7,9,11,13H2,1-4H3,(H,23,25)/t14-,16-/m1/s1. The van der Waals surface area contributed by atoms with Crippen LogP contribution < -0.4 is 5.32 Å². The molecule has 0 spiro atoms. The summed E-state index contributed by atoms with van der Waals surface area (Å²) in [5.74, 6) is -1.58. The Morgan fingerprint density at radius 2 is 1.97 bits per heavy atom. The molecule has 1 aliphatic heterocycles. The first-order valence-electron chi connectivity index (χ1n) is 9.59. The summed E-state index contributed by atoms with van der Waals surface area (Å²) in [4.78, 5) is 38.6. The number of nitrogens with one attached hydrogen (secondary N) is 1. The van der Waals surface area contributed by atoms with Crippen LogP contribution in [-0.4, -0.2) is 47.7 Å². The fourth-order valence-electron chi connectivity index (χ4n) is 2.91. The van der Waals surface area contributed by atoms with Gasteiger partial charge < -0.3 is 19.7 Å². The van der Waals surface area contributed by atoms with Crippen molar-refractivity contribution in [3.05, 3.63) is 29.8 Å². The van der Waals surface area contributed by atoms with Gasteiger partial charge in [-0.05, 0) is 52.7 Å². The van der Waals surface area contributed by atoms with Crippen LogP contribution in [0, 0.1) is 17.2 Å². The van der Waals surface area contributed by atoms with Crippen molar-refractivity contribution in [2.24, 2.45) is 5.92 Å².